The Bertz CT molecular complexity index is 202. The summed E-state index contributed by atoms with van der Waals surface area (Å²) in [5.74, 6) is -0.0444. The van der Waals surface area contributed by atoms with Crippen LogP contribution >= 0.6 is 0 Å². The molecule has 0 N–H and O–H groups in total. The quantitative estimate of drug-likeness (QED) is 0.448. The molecule has 0 saturated heterocycles. The summed E-state index contributed by atoms with van der Waals surface area (Å²) < 4.78 is 4.89. The van der Waals surface area contributed by atoms with E-state index in [9.17, 15) is 4.79 Å². The van der Waals surface area contributed by atoms with Gasteiger partial charge in [0, 0.05) is 12.5 Å². The molecule has 0 unspecified atom stereocenters. The lowest BCUT2D eigenvalue weighted by Gasteiger charge is -2.19. The maximum absolute atomic E-state index is 11.1. The maximum Gasteiger partial charge on any atom is 0.305 e. The topological polar surface area (TPSA) is 29.5 Å². The normalized spacial score (nSPS) is 15.4. The average Bonchev–Trinajstić information content (AvgIpc) is 3.07. The summed E-state index contributed by atoms with van der Waals surface area (Å²) in [6.45, 7) is 6.96. The second kappa shape index (κ2) is 7.66. The Balaban J connectivity index is 1.92. The van der Waals surface area contributed by atoms with Gasteiger partial charge in [0.2, 0.25) is 0 Å². The third-order valence-electron chi connectivity index (χ3n) is 3.10. The fourth-order valence-electron chi connectivity index (χ4n) is 2.03. The molecule has 0 amide bonds. The van der Waals surface area contributed by atoms with Gasteiger partial charge in [-0.15, -0.1) is 0 Å². The number of rotatable bonds is 9. The van der Waals surface area contributed by atoms with Gasteiger partial charge in [-0.2, -0.15) is 0 Å². The van der Waals surface area contributed by atoms with Crippen molar-refractivity contribution in [2.24, 2.45) is 0 Å². The van der Waals surface area contributed by atoms with Crippen molar-refractivity contribution in [3.63, 3.8) is 0 Å². The van der Waals surface area contributed by atoms with Crippen LogP contribution in [0, 0.1) is 0 Å². The predicted octanol–water partition coefficient (Wildman–Crippen LogP) is 2.59. The van der Waals surface area contributed by atoms with Crippen LogP contribution in [0.4, 0.5) is 0 Å². The van der Waals surface area contributed by atoms with Crippen LogP contribution in [0.3, 0.4) is 0 Å². The maximum atomic E-state index is 11.1. The van der Waals surface area contributed by atoms with Crippen LogP contribution in [0.1, 0.15) is 52.4 Å². The Kier molecular flexibility index (Phi) is 6.46. The third kappa shape index (κ3) is 5.50. The molecular weight excluding hydrogens is 202 g/mol. The van der Waals surface area contributed by atoms with Gasteiger partial charge in [0.15, 0.2) is 0 Å². The Hall–Kier alpha value is -0.570. The monoisotopic (exact) mass is 227 g/mol. The molecule has 0 aromatic rings. The fraction of sp³-hybridized carbons (Fsp3) is 0.923. The highest BCUT2D eigenvalue weighted by molar-refractivity contribution is 5.69. The Morgan fingerprint density at radius 1 is 1.25 bits per heavy atom. The van der Waals surface area contributed by atoms with Gasteiger partial charge in [-0.25, -0.2) is 0 Å². The SMILES string of the molecule is CCOC(=O)CCCCCN(CC)C1CC1. The number of hydrogen-bond acceptors (Lipinski definition) is 3. The molecular formula is C13H25NO2. The predicted molar refractivity (Wildman–Crippen MR) is 65.4 cm³/mol. The minimum atomic E-state index is -0.0444. The van der Waals surface area contributed by atoms with Crippen molar-refractivity contribution in [3.8, 4) is 0 Å². The summed E-state index contributed by atoms with van der Waals surface area (Å²) in [5.41, 5.74) is 0. The zero-order valence-corrected chi connectivity index (χ0v) is 10.7. The third-order valence-corrected chi connectivity index (χ3v) is 3.10. The molecule has 1 saturated carbocycles. The van der Waals surface area contributed by atoms with Crippen molar-refractivity contribution in [1.82, 2.24) is 4.90 Å². The van der Waals surface area contributed by atoms with Crippen LogP contribution < -0.4 is 0 Å². The summed E-state index contributed by atoms with van der Waals surface area (Å²) in [4.78, 5) is 13.6. The number of hydrogen-bond donors (Lipinski definition) is 0. The molecule has 0 radical (unpaired) electrons. The van der Waals surface area contributed by atoms with E-state index in [1.165, 1.54) is 32.4 Å². The standard InChI is InChI=1S/C13H25NO2/c1-3-14(12-9-10-12)11-7-5-6-8-13(15)16-4-2/h12H,3-11H2,1-2H3. The molecule has 3 nitrogen and oxygen atoms in total. The van der Waals surface area contributed by atoms with E-state index in [4.69, 9.17) is 4.74 Å². The zero-order valence-electron chi connectivity index (χ0n) is 10.7. The fourth-order valence-corrected chi connectivity index (χ4v) is 2.03. The van der Waals surface area contributed by atoms with Crippen molar-refractivity contribution >= 4 is 5.97 Å². The highest BCUT2D eigenvalue weighted by Gasteiger charge is 2.26. The average molecular weight is 227 g/mol. The second-order valence-electron chi connectivity index (χ2n) is 4.48. The van der Waals surface area contributed by atoms with Crippen molar-refractivity contribution in [3.05, 3.63) is 0 Å². The number of nitrogens with zero attached hydrogens (tertiary/aromatic N) is 1. The Labute approximate surface area is 99.1 Å². The summed E-state index contributed by atoms with van der Waals surface area (Å²) >= 11 is 0. The molecule has 1 aliphatic carbocycles. The number of carbonyl (C=O) groups excluding carboxylic acids is 1. The zero-order chi connectivity index (χ0) is 11.8. The summed E-state index contributed by atoms with van der Waals surface area (Å²) in [6.07, 6.45) is 6.68. The molecule has 0 heterocycles. The minimum Gasteiger partial charge on any atom is -0.466 e. The molecule has 0 aromatic heterocycles. The Morgan fingerprint density at radius 3 is 2.56 bits per heavy atom. The largest absolute Gasteiger partial charge is 0.466 e. The van der Waals surface area contributed by atoms with Crippen molar-refractivity contribution in [2.75, 3.05) is 19.7 Å². The van der Waals surface area contributed by atoms with E-state index in [1.807, 2.05) is 6.92 Å². The number of ether oxygens (including phenoxy) is 1. The van der Waals surface area contributed by atoms with Gasteiger partial charge in [0.05, 0.1) is 6.61 Å². The first kappa shape index (κ1) is 13.5. The number of carbonyl (C=O) groups is 1. The van der Waals surface area contributed by atoms with E-state index < -0.39 is 0 Å². The first-order valence-corrected chi connectivity index (χ1v) is 6.67. The first-order chi connectivity index (χ1) is 7.77. The van der Waals surface area contributed by atoms with E-state index in [0.29, 0.717) is 13.0 Å². The molecule has 1 rings (SSSR count). The smallest absolute Gasteiger partial charge is 0.305 e. The molecule has 0 spiro atoms. The summed E-state index contributed by atoms with van der Waals surface area (Å²) in [5, 5.41) is 0. The van der Waals surface area contributed by atoms with Crippen molar-refractivity contribution in [1.29, 1.82) is 0 Å². The van der Waals surface area contributed by atoms with Gasteiger partial charge < -0.3 is 9.64 Å². The van der Waals surface area contributed by atoms with E-state index >= 15 is 0 Å². The van der Waals surface area contributed by atoms with Gasteiger partial charge in [-0.05, 0) is 45.7 Å². The van der Waals surface area contributed by atoms with Crippen LogP contribution in [0.15, 0.2) is 0 Å². The van der Waals surface area contributed by atoms with Crippen LogP contribution in [-0.2, 0) is 9.53 Å². The lowest BCUT2D eigenvalue weighted by Crippen LogP contribution is -2.26. The van der Waals surface area contributed by atoms with Gasteiger partial charge in [-0.3, -0.25) is 4.79 Å². The van der Waals surface area contributed by atoms with Crippen LogP contribution in [-0.4, -0.2) is 36.6 Å². The minimum absolute atomic E-state index is 0.0444. The van der Waals surface area contributed by atoms with Gasteiger partial charge >= 0.3 is 5.97 Å². The lowest BCUT2D eigenvalue weighted by atomic mass is 10.2. The highest BCUT2D eigenvalue weighted by Crippen LogP contribution is 2.26. The van der Waals surface area contributed by atoms with Crippen LogP contribution in [0.2, 0.25) is 0 Å². The number of esters is 1. The van der Waals surface area contributed by atoms with Crippen molar-refractivity contribution in [2.45, 2.75) is 58.4 Å². The van der Waals surface area contributed by atoms with Gasteiger partial charge in [0.25, 0.3) is 0 Å². The van der Waals surface area contributed by atoms with Gasteiger partial charge in [0.1, 0.15) is 0 Å². The Morgan fingerprint density at radius 2 is 2.00 bits per heavy atom. The molecule has 0 aromatic carbocycles. The lowest BCUT2D eigenvalue weighted by molar-refractivity contribution is -0.143. The molecule has 0 atom stereocenters. The molecule has 94 valence electrons. The molecule has 1 fully saturated rings. The van der Waals surface area contributed by atoms with Crippen molar-refractivity contribution < 1.29 is 9.53 Å². The molecule has 0 bridgehead atoms. The van der Waals surface area contributed by atoms with E-state index in [-0.39, 0.29) is 5.97 Å². The summed E-state index contributed by atoms with van der Waals surface area (Å²) in [6, 6.07) is 0.870. The van der Waals surface area contributed by atoms with E-state index in [1.54, 1.807) is 0 Å². The van der Waals surface area contributed by atoms with E-state index in [2.05, 4.69) is 11.8 Å². The van der Waals surface area contributed by atoms with E-state index in [0.717, 1.165) is 18.9 Å². The van der Waals surface area contributed by atoms with Crippen LogP contribution in [0.25, 0.3) is 0 Å². The van der Waals surface area contributed by atoms with Crippen LogP contribution in [0.5, 0.6) is 0 Å². The molecule has 0 aliphatic heterocycles. The summed E-state index contributed by atoms with van der Waals surface area (Å²) in [7, 11) is 0. The molecule has 16 heavy (non-hydrogen) atoms. The second-order valence-corrected chi connectivity index (χ2v) is 4.48. The van der Waals surface area contributed by atoms with Gasteiger partial charge in [-0.1, -0.05) is 13.3 Å². The first-order valence-electron chi connectivity index (χ1n) is 6.67. The molecule has 1 aliphatic rings. The highest BCUT2D eigenvalue weighted by atomic mass is 16.5. The molecule has 3 heteroatoms. The number of unbranched alkanes of at least 4 members (excludes halogenated alkanes) is 2.